The fraction of sp³-hybridized carbons (Fsp3) is 0.855. The number of rotatable bonds is 50. The Balaban J connectivity index is 1.54. The molecule has 2 rings (SSSR count). The van der Waals surface area contributed by atoms with Gasteiger partial charge in [0.1, 0.15) is 18.5 Å². The number of halogens is 2. The maximum atomic E-state index is 16.0. The van der Waals surface area contributed by atoms with Crippen LogP contribution in [0.15, 0.2) is 27.0 Å². The molecule has 452 valence electrons. The second-order valence-electron chi connectivity index (χ2n) is 20.9. The Labute approximate surface area is 464 Å². The van der Waals surface area contributed by atoms with Crippen LogP contribution in [0.4, 0.5) is 14.6 Å². The highest BCUT2D eigenvalue weighted by Gasteiger charge is 2.62. The van der Waals surface area contributed by atoms with Gasteiger partial charge in [-0.3, -0.25) is 42.2 Å². The van der Waals surface area contributed by atoms with Crippen molar-refractivity contribution in [1.82, 2.24) is 9.55 Å². The van der Waals surface area contributed by atoms with E-state index in [0.717, 1.165) is 133 Å². The van der Waals surface area contributed by atoms with Crippen LogP contribution >= 0.6 is 15.6 Å². The van der Waals surface area contributed by atoms with Crippen LogP contribution in [0, 0.1) is 0 Å². The molecule has 1 aliphatic heterocycles. The second kappa shape index (κ2) is 42.8. The van der Waals surface area contributed by atoms with Gasteiger partial charge in [-0.2, -0.15) is 13.8 Å². The molecule has 2 heterocycles. The molecule has 0 bridgehead atoms. The lowest BCUT2D eigenvalue weighted by molar-refractivity contribution is -0.177. The van der Waals surface area contributed by atoms with Crippen molar-refractivity contribution >= 4 is 44.8 Å². The SMILES string of the molecule is CC(C)=NCCOP(=O)(O)OCCCCCCCCCCCCCCCCCC(=O)OC[C@H]1O[C@@H](n2ccc(N)nc2=O)C(F)(F)C1OC(=O)CCCCCCCCCCCCCCCCCOP(=O)(O)OCCN=C(C)C. The van der Waals surface area contributed by atoms with Gasteiger partial charge in [0.15, 0.2) is 6.10 Å². The number of nitrogens with two attached hydrogens (primary N) is 1. The van der Waals surface area contributed by atoms with Gasteiger partial charge in [0.05, 0.1) is 39.5 Å². The van der Waals surface area contributed by atoms with Crippen molar-refractivity contribution in [1.29, 1.82) is 0 Å². The van der Waals surface area contributed by atoms with Crippen molar-refractivity contribution in [2.24, 2.45) is 9.98 Å². The highest BCUT2D eigenvalue weighted by molar-refractivity contribution is 7.47. The summed E-state index contributed by atoms with van der Waals surface area (Å²) in [6.45, 7) is 7.96. The van der Waals surface area contributed by atoms with Gasteiger partial charge in [-0.15, -0.1) is 0 Å². The molecular weight excluding hydrogens is 1050 g/mol. The monoisotopic (exact) mass is 1150 g/mol. The lowest BCUT2D eigenvalue weighted by atomic mass is 10.0. The van der Waals surface area contributed by atoms with Crippen molar-refractivity contribution < 1.29 is 69.6 Å². The first kappa shape index (κ1) is 71.1. The number of nitrogens with zero attached hydrogens (tertiary/aromatic N) is 4. The summed E-state index contributed by atoms with van der Waals surface area (Å²) in [7, 11) is -8.04. The summed E-state index contributed by atoms with van der Waals surface area (Å²) in [4.78, 5) is 69.5. The predicted octanol–water partition coefficient (Wildman–Crippen LogP) is 13.5. The Morgan fingerprint density at radius 1 is 0.603 bits per heavy atom. The summed E-state index contributed by atoms with van der Waals surface area (Å²) in [6.07, 6.45) is 25.8. The molecule has 1 aromatic rings. The van der Waals surface area contributed by atoms with Crippen LogP contribution in [0.25, 0.3) is 0 Å². The largest absolute Gasteiger partial charge is 0.472 e. The third-order valence-corrected chi connectivity index (χ3v) is 15.3. The molecule has 23 heteroatoms. The van der Waals surface area contributed by atoms with Gasteiger partial charge in [0.2, 0.25) is 6.23 Å². The predicted molar refractivity (Wildman–Crippen MR) is 301 cm³/mol. The Morgan fingerprint density at radius 3 is 1.32 bits per heavy atom. The Morgan fingerprint density at radius 2 is 0.949 bits per heavy atom. The van der Waals surface area contributed by atoms with Crippen molar-refractivity contribution in [3.05, 3.63) is 22.7 Å². The van der Waals surface area contributed by atoms with E-state index in [1.807, 2.05) is 27.7 Å². The molecule has 0 aliphatic carbocycles. The van der Waals surface area contributed by atoms with Crippen LogP contribution in [0.5, 0.6) is 0 Å². The maximum Gasteiger partial charge on any atom is 0.472 e. The number of phosphoric ester groups is 2. The molecule has 0 spiro atoms. The number of esters is 2. The minimum absolute atomic E-state index is 0.0450. The van der Waals surface area contributed by atoms with Crippen LogP contribution in [0.2, 0.25) is 0 Å². The number of aromatic nitrogens is 2. The minimum Gasteiger partial charge on any atom is -0.463 e. The van der Waals surface area contributed by atoms with Gasteiger partial charge >= 0.3 is 39.2 Å². The summed E-state index contributed by atoms with van der Waals surface area (Å²) in [5.41, 5.74) is 6.29. The topological polar surface area (TPSA) is 259 Å². The second-order valence-corrected chi connectivity index (χ2v) is 23.8. The Kier molecular flexibility index (Phi) is 39.0. The van der Waals surface area contributed by atoms with Crippen molar-refractivity contribution in [3.63, 3.8) is 0 Å². The number of hydrogen-bond donors (Lipinski definition) is 3. The van der Waals surface area contributed by atoms with E-state index in [-0.39, 0.29) is 45.1 Å². The molecule has 78 heavy (non-hydrogen) atoms. The van der Waals surface area contributed by atoms with Gasteiger partial charge < -0.3 is 29.7 Å². The first-order valence-electron chi connectivity index (χ1n) is 29.2. The lowest BCUT2D eigenvalue weighted by Gasteiger charge is -2.24. The first-order valence-corrected chi connectivity index (χ1v) is 32.2. The molecule has 3 unspecified atom stereocenters. The van der Waals surface area contributed by atoms with Crippen LogP contribution < -0.4 is 11.4 Å². The zero-order valence-electron chi connectivity index (χ0n) is 47.8. The molecule has 4 N–H and O–H groups in total. The number of ether oxygens (including phenoxy) is 3. The summed E-state index contributed by atoms with van der Waals surface area (Å²) in [6, 6.07) is 1.19. The summed E-state index contributed by atoms with van der Waals surface area (Å²) < 4.78 is 92.6. The molecule has 1 aromatic heterocycles. The maximum absolute atomic E-state index is 16.0. The van der Waals surface area contributed by atoms with Gasteiger partial charge in [-0.05, 0) is 59.4 Å². The fourth-order valence-corrected chi connectivity index (χ4v) is 10.4. The zero-order valence-corrected chi connectivity index (χ0v) is 49.6. The molecule has 0 saturated carbocycles. The van der Waals surface area contributed by atoms with E-state index in [4.69, 9.17) is 38.0 Å². The number of alkyl halides is 2. The molecule has 0 aromatic carbocycles. The molecule has 1 saturated heterocycles. The third-order valence-electron chi connectivity index (χ3n) is 13.2. The minimum atomic E-state index is -4.02. The Bertz CT molecular complexity index is 1990. The highest BCUT2D eigenvalue weighted by Crippen LogP contribution is 2.45. The van der Waals surface area contributed by atoms with Crippen molar-refractivity contribution in [3.8, 4) is 0 Å². The smallest absolute Gasteiger partial charge is 0.463 e. The van der Waals surface area contributed by atoms with Crippen molar-refractivity contribution in [2.75, 3.05) is 51.9 Å². The summed E-state index contributed by atoms with van der Waals surface area (Å²) >= 11 is 0. The number of nitrogen functional groups attached to an aromatic ring is 1. The Hall–Kier alpha value is -3.00. The van der Waals surface area contributed by atoms with Gasteiger partial charge in [0.25, 0.3) is 0 Å². The molecular formula is C55H99F2N5O14P2. The van der Waals surface area contributed by atoms with Crippen LogP contribution in [-0.4, -0.2) is 107 Å². The van der Waals surface area contributed by atoms with Crippen LogP contribution in [-0.2, 0) is 51.0 Å². The number of carbonyl (C=O) groups excluding carboxylic acids is 2. The number of hydrogen-bond acceptors (Lipinski definition) is 16. The van der Waals surface area contributed by atoms with E-state index < -0.39 is 64.2 Å². The normalized spacial score (nSPS) is 17.6. The summed E-state index contributed by atoms with van der Waals surface area (Å²) in [5.74, 6) is -5.40. The number of unbranched alkanes of at least 4 members (excludes halogenated alkanes) is 28. The molecule has 1 aliphatic rings. The standard InChI is InChI=1S/C55H99F2N5O14P2/c1-46(2)59-38-43-73-77(66,67)71-41-33-29-25-21-17-13-9-5-7-11-15-19-23-27-31-35-50(63)70-45-48-52(55(56,57)53(75-48)62-40-37-49(58)61-54(62)65)76-51(64)36-32-28-24-20-16-12-8-6-10-14-18-22-26-30-34-42-72-78(68,69)74-44-39-60-47(3)4/h37,40,48,52-53H,5-36,38-39,41-45H2,1-4H3,(H,66,67)(H,68,69)(H2,58,61,65)/t48-,52?,53-/m1/s1. The van der Waals surface area contributed by atoms with E-state index in [1.54, 1.807) is 0 Å². The quantitative estimate of drug-likeness (QED) is 0.0237. The molecule has 0 amide bonds. The zero-order chi connectivity index (χ0) is 57.3. The highest BCUT2D eigenvalue weighted by atomic mass is 31.2. The van der Waals surface area contributed by atoms with Gasteiger partial charge in [0, 0.05) is 30.5 Å². The first-order chi connectivity index (χ1) is 37.3. The molecule has 19 nitrogen and oxygen atoms in total. The average molecular weight is 1150 g/mol. The third kappa shape index (κ3) is 35.7. The summed E-state index contributed by atoms with van der Waals surface area (Å²) in [5, 5.41) is 0. The molecule has 5 atom stereocenters. The van der Waals surface area contributed by atoms with E-state index in [2.05, 4.69) is 15.0 Å². The number of carbonyl (C=O) groups is 2. The molecule has 1 fully saturated rings. The number of anilines is 1. The van der Waals surface area contributed by atoms with E-state index in [0.29, 0.717) is 43.3 Å². The average Bonchev–Trinajstić information content (AvgIpc) is 3.81. The fourth-order valence-electron chi connectivity index (χ4n) is 8.92. The van der Waals surface area contributed by atoms with Gasteiger partial charge in [-0.25, -0.2) is 13.9 Å². The van der Waals surface area contributed by atoms with E-state index in [9.17, 15) is 33.3 Å². The lowest BCUT2D eigenvalue weighted by Crippen LogP contribution is -2.44. The molecule has 0 radical (unpaired) electrons. The van der Waals surface area contributed by atoms with Crippen LogP contribution in [0.3, 0.4) is 0 Å². The van der Waals surface area contributed by atoms with Gasteiger partial charge in [-0.1, -0.05) is 167 Å². The number of aliphatic imine (C=N–C) groups is 2. The number of phosphoric acid groups is 2. The van der Waals surface area contributed by atoms with E-state index in [1.165, 1.54) is 57.4 Å². The van der Waals surface area contributed by atoms with Crippen molar-refractivity contribution in [2.45, 2.75) is 258 Å². The van der Waals surface area contributed by atoms with Crippen LogP contribution in [0.1, 0.15) is 239 Å². The van der Waals surface area contributed by atoms with E-state index >= 15 is 8.78 Å².